The maximum absolute atomic E-state index is 12.7. The summed E-state index contributed by atoms with van der Waals surface area (Å²) in [6, 6.07) is 15.0. The molecule has 1 aliphatic rings. The Labute approximate surface area is 187 Å². The molecular formula is C22H21F3N4O2S. The molecule has 10 heteroatoms. The summed E-state index contributed by atoms with van der Waals surface area (Å²) >= 11 is -0.193. The second kappa shape index (κ2) is 9.33. The number of benzene rings is 2. The van der Waals surface area contributed by atoms with Crippen LogP contribution < -0.4 is 0 Å². The number of hydrogen-bond donors (Lipinski definition) is 0. The third-order valence-corrected chi connectivity index (χ3v) is 6.05. The number of carbonyl (C=O) groups excluding carboxylic acids is 1. The molecule has 1 amide bonds. The van der Waals surface area contributed by atoms with Gasteiger partial charge in [0, 0.05) is 42.2 Å². The molecule has 0 saturated carbocycles. The van der Waals surface area contributed by atoms with E-state index in [2.05, 4.69) is 15.0 Å². The minimum absolute atomic E-state index is 0.0575. The Hall–Kier alpha value is -2.85. The quantitative estimate of drug-likeness (QED) is 0.505. The van der Waals surface area contributed by atoms with Crippen LogP contribution >= 0.6 is 11.8 Å². The molecule has 1 unspecified atom stereocenters. The van der Waals surface area contributed by atoms with Crippen LogP contribution in [-0.2, 0) is 0 Å². The molecule has 168 valence electrons. The van der Waals surface area contributed by atoms with E-state index in [1.54, 1.807) is 4.90 Å². The van der Waals surface area contributed by atoms with Gasteiger partial charge in [0.25, 0.3) is 5.91 Å². The fourth-order valence-corrected chi connectivity index (χ4v) is 4.10. The van der Waals surface area contributed by atoms with Gasteiger partial charge in [0.05, 0.1) is 6.04 Å². The summed E-state index contributed by atoms with van der Waals surface area (Å²) in [5.74, 6) is 0.861. The summed E-state index contributed by atoms with van der Waals surface area (Å²) in [7, 11) is 0. The highest BCUT2D eigenvalue weighted by Crippen LogP contribution is 2.36. The Morgan fingerprint density at radius 1 is 1.03 bits per heavy atom. The SMILES string of the molecule is CC(c1nc(-c2ccccc2)no1)N1CCN(C(=O)c2ccc(SC(F)(F)F)cc2)CC1. The van der Waals surface area contributed by atoms with E-state index in [-0.39, 0.29) is 28.6 Å². The van der Waals surface area contributed by atoms with Gasteiger partial charge in [-0.1, -0.05) is 35.5 Å². The summed E-state index contributed by atoms with van der Waals surface area (Å²) in [5, 5.41) is 4.06. The average Bonchev–Trinajstić information content (AvgIpc) is 3.29. The van der Waals surface area contributed by atoms with E-state index < -0.39 is 5.51 Å². The van der Waals surface area contributed by atoms with E-state index in [1.165, 1.54) is 24.3 Å². The van der Waals surface area contributed by atoms with Crippen LogP contribution in [0.15, 0.2) is 64.0 Å². The lowest BCUT2D eigenvalue weighted by molar-refractivity contribution is -0.0328. The second-order valence-corrected chi connectivity index (χ2v) is 8.54. The Morgan fingerprint density at radius 3 is 2.31 bits per heavy atom. The van der Waals surface area contributed by atoms with Crippen molar-refractivity contribution in [1.29, 1.82) is 0 Å². The molecule has 1 aliphatic heterocycles. The van der Waals surface area contributed by atoms with Crippen LogP contribution in [-0.4, -0.2) is 57.5 Å². The molecule has 0 N–H and O–H groups in total. The van der Waals surface area contributed by atoms with Gasteiger partial charge in [-0.15, -0.1) is 0 Å². The van der Waals surface area contributed by atoms with Crippen molar-refractivity contribution in [3.8, 4) is 11.4 Å². The van der Waals surface area contributed by atoms with Crippen molar-refractivity contribution in [2.24, 2.45) is 0 Å². The lowest BCUT2D eigenvalue weighted by Crippen LogP contribution is -2.49. The van der Waals surface area contributed by atoms with E-state index >= 15 is 0 Å². The lowest BCUT2D eigenvalue weighted by Gasteiger charge is -2.36. The van der Waals surface area contributed by atoms with Crippen LogP contribution in [0.2, 0.25) is 0 Å². The fraction of sp³-hybridized carbons (Fsp3) is 0.318. The monoisotopic (exact) mass is 462 g/mol. The minimum Gasteiger partial charge on any atom is -0.337 e. The standard InChI is InChI=1S/C22H21F3N4O2S/c1-15(20-26-19(27-31-20)16-5-3-2-4-6-16)28-11-13-29(14-12-28)21(30)17-7-9-18(10-8-17)32-22(23,24)25/h2-10,15H,11-14H2,1H3. The van der Waals surface area contributed by atoms with Gasteiger partial charge < -0.3 is 9.42 Å². The summed E-state index contributed by atoms with van der Waals surface area (Å²) in [4.78, 5) is 21.2. The molecule has 0 bridgehead atoms. The number of nitrogens with zero attached hydrogens (tertiary/aromatic N) is 4. The van der Waals surface area contributed by atoms with E-state index in [0.29, 0.717) is 43.5 Å². The molecule has 0 aliphatic carbocycles. The van der Waals surface area contributed by atoms with Crippen LogP contribution in [0.4, 0.5) is 13.2 Å². The smallest absolute Gasteiger partial charge is 0.337 e. The van der Waals surface area contributed by atoms with Crippen molar-refractivity contribution in [3.63, 3.8) is 0 Å². The molecule has 0 spiro atoms. The van der Waals surface area contributed by atoms with Gasteiger partial charge >= 0.3 is 5.51 Å². The predicted molar refractivity (Wildman–Crippen MR) is 114 cm³/mol. The normalized spacial score (nSPS) is 16.2. The predicted octanol–water partition coefficient (Wildman–Crippen LogP) is 4.87. The third-order valence-electron chi connectivity index (χ3n) is 5.32. The average molecular weight is 462 g/mol. The molecule has 0 radical (unpaired) electrons. The van der Waals surface area contributed by atoms with Crippen molar-refractivity contribution in [2.45, 2.75) is 23.4 Å². The molecule has 1 saturated heterocycles. The molecule has 1 atom stereocenters. The number of thioether (sulfide) groups is 1. The topological polar surface area (TPSA) is 62.5 Å². The number of aromatic nitrogens is 2. The molecule has 1 fully saturated rings. The van der Waals surface area contributed by atoms with Crippen molar-refractivity contribution in [1.82, 2.24) is 19.9 Å². The van der Waals surface area contributed by atoms with Crippen LogP contribution in [0.5, 0.6) is 0 Å². The van der Waals surface area contributed by atoms with Crippen LogP contribution in [0.25, 0.3) is 11.4 Å². The van der Waals surface area contributed by atoms with Gasteiger partial charge in [0.15, 0.2) is 0 Å². The zero-order chi connectivity index (χ0) is 22.7. The lowest BCUT2D eigenvalue weighted by atomic mass is 10.1. The molecule has 32 heavy (non-hydrogen) atoms. The van der Waals surface area contributed by atoms with Crippen molar-refractivity contribution in [3.05, 3.63) is 66.1 Å². The highest BCUT2D eigenvalue weighted by Gasteiger charge is 2.30. The number of amides is 1. The number of alkyl halides is 3. The fourth-order valence-electron chi connectivity index (χ4n) is 3.56. The summed E-state index contributed by atoms with van der Waals surface area (Å²) in [6.07, 6.45) is 0. The Kier molecular flexibility index (Phi) is 6.52. The van der Waals surface area contributed by atoms with E-state index in [1.807, 2.05) is 37.3 Å². The molecule has 1 aromatic heterocycles. The number of rotatable bonds is 5. The third kappa shape index (κ3) is 5.31. The zero-order valence-corrected chi connectivity index (χ0v) is 18.1. The Balaban J connectivity index is 1.34. The van der Waals surface area contributed by atoms with Gasteiger partial charge in [-0.05, 0) is 43.0 Å². The molecule has 2 aromatic carbocycles. The molecule has 6 nitrogen and oxygen atoms in total. The zero-order valence-electron chi connectivity index (χ0n) is 17.2. The molecule has 2 heterocycles. The molecule has 4 rings (SSSR count). The summed E-state index contributed by atoms with van der Waals surface area (Å²) in [6.45, 7) is 4.23. The first-order valence-corrected chi connectivity index (χ1v) is 10.9. The van der Waals surface area contributed by atoms with Crippen LogP contribution in [0.3, 0.4) is 0 Å². The molecule has 3 aromatic rings. The summed E-state index contributed by atoms with van der Waals surface area (Å²) in [5.41, 5.74) is -3.09. The second-order valence-electron chi connectivity index (χ2n) is 7.40. The summed E-state index contributed by atoms with van der Waals surface area (Å²) < 4.78 is 42.9. The van der Waals surface area contributed by atoms with Gasteiger partial charge in [0.2, 0.25) is 11.7 Å². The largest absolute Gasteiger partial charge is 0.446 e. The van der Waals surface area contributed by atoms with Crippen molar-refractivity contribution in [2.75, 3.05) is 26.2 Å². The first kappa shape index (κ1) is 22.3. The van der Waals surface area contributed by atoms with Gasteiger partial charge in [-0.3, -0.25) is 9.69 Å². The van der Waals surface area contributed by atoms with Crippen LogP contribution in [0, 0.1) is 0 Å². The van der Waals surface area contributed by atoms with Gasteiger partial charge in [-0.25, -0.2) is 0 Å². The number of hydrogen-bond acceptors (Lipinski definition) is 6. The number of carbonyl (C=O) groups is 1. The first-order chi connectivity index (χ1) is 15.3. The number of halogens is 3. The van der Waals surface area contributed by atoms with Crippen molar-refractivity contribution >= 4 is 17.7 Å². The maximum Gasteiger partial charge on any atom is 0.446 e. The Morgan fingerprint density at radius 2 is 1.69 bits per heavy atom. The van der Waals surface area contributed by atoms with Gasteiger partial charge in [0.1, 0.15) is 0 Å². The first-order valence-electron chi connectivity index (χ1n) is 10.1. The van der Waals surface area contributed by atoms with E-state index in [0.717, 1.165) is 5.56 Å². The van der Waals surface area contributed by atoms with E-state index in [4.69, 9.17) is 4.52 Å². The van der Waals surface area contributed by atoms with Crippen molar-refractivity contribution < 1.29 is 22.5 Å². The Bertz CT molecular complexity index is 1050. The van der Waals surface area contributed by atoms with E-state index in [9.17, 15) is 18.0 Å². The highest BCUT2D eigenvalue weighted by atomic mass is 32.2. The number of piperazine rings is 1. The highest BCUT2D eigenvalue weighted by molar-refractivity contribution is 8.00. The van der Waals surface area contributed by atoms with Crippen LogP contribution in [0.1, 0.15) is 29.2 Å². The van der Waals surface area contributed by atoms with Gasteiger partial charge in [-0.2, -0.15) is 18.2 Å². The minimum atomic E-state index is -4.35. The maximum atomic E-state index is 12.7. The molecular weight excluding hydrogens is 441 g/mol.